The van der Waals surface area contributed by atoms with Crippen LogP contribution in [-0.2, 0) is 9.59 Å². The first-order valence-electron chi connectivity index (χ1n) is 8.24. The molecule has 3 rings (SSSR count). The Balaban J connectivity index is 1.81. The molecule has 2 aliphatic heterocycles. The zero-order valence-corrected chi connectivity index (χ0v) is 14.4. The second-order valence-corrected chi connectivity index (χ2v) is 6.61. The summed E-state index contributed by atoms with van der Waals surface area (Å²) in [5.41, 5.74) is 5.95. The van der Waals surface area contributed by atoms with Crippen molar-refractivity contribution in [1.29, 1.82) is 0 Å². The van der Waals surface area contributed by atoms with Gasteiger partial charge in [0.05, 0.1) is 18.1 Å². The van der Waals surface area contributed by atoms with Crippen molar-refractivity contribution in [2.24, 2.45) is 17.6 Å². The number of aliphatic hydroxyl groups excluding tert-OH is 1. The Bertz CT molecular complexity index is 798. The van der Waals surface area contributed by atoms with E-state index in [0.29, 0.717) is 16.9 Å². The van der Waals surface area contributed by atoms with Crippen LogP contribution in [0.4, 0.5) is 0 Å². The number of hydrogen-bond donors (Lipinski definition) is 3. The lowest BCUT2D eigenvalue weighted by molar-refractivity contribution is -0.163. The Morgan fingerprint density at radius 1 is 1.31 bits per heavy atom. The summed E-state index contributed by atoms with van der Waals surface area (Å²) >= 11 is 0. The van der Waals surface area contributed by atoms with E-state index in [1.807, 2.05) is 6.92 Å². The van der Waals surface area contributed by atoms with E-state index in [1.54, 1.807) is 12.1 Å². The molecular formula is C18H20N2O6. The number of aliphatic hydroxyl groups is 1. The van der Waals surface area contributed by atoms with Crippen LogP contribution >= 0.6 is 0 Å². The highest BCUT2D eigenvalue weighted by Crippen LogP contribution is 2.47. The molecule has 4 atom stereocenters. The van der Waals surface area contributed by atoms with Crippen LogP contribution < -0.4 is 10.5 Å². The Labute approximate surface area is 149 Å². The monoisotopic (exact) mass is 360 g/mol. The number of carbonyl (C=O) groups excluding carboxylic acids is 2. The number of fused-ring (bicyclic) bond motifs is 1. The Hall–Kier alpha value is -2.87. The quantitative estimate of drug-likeness (QED) is 0.628. The second-order valence-electron chi connectivity index (χ2n) is 6.61. The van der Waals surface area contributed by atoms with E-state index in [-0.39, 0.29) is 30.2 Å². The molecule has 1 aromatic carbocycles. The molecule has 0 aliphatic carbocycles. The number of carbonyl (C=O) groups is 3. The number of amides is 2. The standard InChI is InChI=1S/C18H20N2O6/c1-8-12(7-26-11-5-3-10(4-6-11)16(19)22)15(18(24)25)20-14(8)13(9(2)21)17(20)23/h3-6,8-9,13-14,21H,7H2,1-2H3,(H2,19,22)(H,24,25)/t8-,9+,13+,14+/m0/s1. The Morgan fingerprint density at radius 3 is 2.42 bits per heavy atom. The van der Waals surface area contributed by atoms with E-state index >= 15 is 0 Å². The number of primary amides is 1. The van der Waals surface area contributed by atoms with Gasteiger partial charge in [-0.2, -0.15) is 0 Å². The SMILES string of the molecule is C[C@@H](O)[C@H]1C(=O)N2C(C(=O)O)=C(COc3ccc(C(N)=O)cc3)[C@H](C)[C@H]12. The van der Waals surface area contributed by atoms with Gasteiger partial charge < -0.3 is 25.6 Å². The van der Waals surface area contributed by atoms with Gasteiger partial charge in [-0.05, 0) is 31.2 Å². The molecule has 0 saturated carbocycles. The highest BCUT2D eigenvalue weighted by molar-refractivity contribution is 6.00. The molecule has 8 nitrogen and oxygen atoms in total. The minimum Gasteiger partial charge on any atom is -0.489 e. The molecule has 0 bridgehead atoms. The lowest BCUT2D eigenvalue weighted by atomic mass is 9.78. The fourth-order valence-electron chi connectivity index (χ4n) is 3.71. The number of nitrogens with zero attached hydrogens (tertiary/aromatic N) is 1. The summed E-state index contributed by atoms with van der Waals surface area (Å²) in [6.45, 7) is 3.34. The molecule has 1 fully saturated rings. The van der Waals surface area contributed by atoms with E-state index in [9.17, 15) is 24.6 Å². The number of nitrogens with two attached hydrogens (primary N) is 1. The number of β-lactam (4-membered cyclic amide) rings is 1. The molecule has 26 heavy (non-hydrogen) atoms. The molecule has 0 unspecified atom stereocenters. The zero-order valence-electron chi connectivity index (χ0n) is 14.4. The van der Waals surface area contributed by atoms with Gasteiger partial charge in [-0.15, -0.1) is 0 Å². The van der Waals surface area contributed by atoms with Crippen molar-refractivity contribution in [3.63, 3.8) is 0 Å². The molecule has 0 aromatic heterocycles. The van der Waals surface area contributed by atoms with Gasteiger partial charge in [-0.25, -0.2) is 4.79 Å². The molecule has 8 heteroatoms. The lowest BCUT2D eigenvalue weighted by Crippen LogP contribution is -2.63. The van der Waals surface area contributed by atoms with Gasteiger partial charge in [-0.1, -0.05) is 6.92 Å². The van der Waals surface area contributed by atoms with Crippen LogP contribution in [0.5, 0.6) is 5.75 Å². The maximum Gasteiger partial charge on any atom is 0.352 e. The molecular weight excluding hydrogens is 340 g/mol. The molecule has 2 amide bonds. The second kappa shape index (κ2) is 6.45. The van der Waals surface area contributed by atoms with Crippen LogP contribution in [0.2, 0.25) is 0 Å². The molecule has 1 saturated heterocycles. The van der Waals surface area contributed by atoms with Gasteiger partial charge in [0.15, 0.2) is 0 Å². The summed E-state index contributed by atoms with van der Waals surface area (Å²) in [4.78, 5) is 36.3. The van der Waals surface area contributed by atoms with Crippen molar-refractivity contribution in [2.75, 3.05) is 6.61 Å². The van der Waals surface area contributed by atoms with Crippen LogP contribution in [0.1, 0.15) is 24.2 Å². The maximum absolute atomic E-state index is 12.3. The predicted molar refractivity (Wildman–Crippen MR) is 90.1 cm³/mol. The van der Waals surface area contributed by atoms with E-state index < -0.39 is 23.9 Å². The number of carboxylic acids is 1. The number of carboxylic acid groups (broad SMARTS) is 1. The smallest absolute Gasteiger partial charge is 0.352 e. The van der Waals surface area contributed by atoms with Crippen LogP contribution in [-0.4, -0.2) is 51.6 Å². The first-order chi connectivity index (χ1) is 12.2. The van der Waals surface area contributed by atoms with Crippen molar-refractivity contribution in [3.05, 3.63) is 41.1 Å². The molecule has 0 spiro atoms. The summed E-state index contributed by atoms with van der Waals surface area (Å²) < 4.78 is 5.66. The minimum atomic E-state index is -1.19. The Kier molecular flexibility index (Phi) is 4.45. The van der Waals surface area contributed by atoms with Crippen molar-refractivity contribution >= 4 is 17.8 Å². The highest BCUT2D eigenvalue weighted by atomic mass is 16.5. The number of hydrogen-bond acceptors (Lipinski definition) is 5. The molecule has 4 N–H and O–H groups in total. The average Bonchev–Trinajstić information content (AvgIpc) is 2.82. The normalized spacial score (nSPS) is 25.6. The van der Waals surface area contributed by atoms with Crippen LogP contribution in [0.3, 0.4) is 0 Å². The highest BCUT2D eigenvalue weighted by Gasteiger charge is 2.59. The Morgan fingerprint density at radius 2 is 1.92 bits per heavy atom. The largest absolute Gasteiger partial charge is 0.489 e. The summed E-state index contributed by atoms with van der Waals surface area (Å²) in [7, 11) is 0. The number of benzene rings is 1. The van der Waals surface area contributed by atoms with Crippen molar-refractivity contribution in [1.82, 2.24) is 4.90 Å². The van der Waals surface area contributed by atoms with Gasteiger partial charge in [-0.3, -0.25) is 9.59 Å². The molecule has 1 aromatic rings. The number of ether oxygens (including phenoxy) is 1. The fourth-order valence-corrected chi connectivity index (χ4v) is 3.71. The summed E-state index contributed by atoms with van der Waals surface area (Å²) in [6, 6.07) is 5.80. The van der Waals surface area contributed by atoms with Crippen molar-refractivity contribution < 1.29 is 29.3 Å². The molecule has 0 radical (unpaired) electrons. The number of aliphatic carboxylic acids is 1. The first kappa shape index (κ1) is 17.9. The van der Waals surface area contributed by atoms with Crippen molar-refractivity contribution in [2.45, 2.75) is 26.0 Å². The van der Waals surface area contributed by atoms with E-state index in [0.717, 1.165) is 0 Å². The zero-order chi connectivity index (χ0) is 19.2. The van der Waals surface area contributed by atoms with Gasteiger partial charge in [0.25, 0.3) is 0 Å². The van der Waals surface area contributed by atoms with E-state index in [1.165, 1.54) is 24.0 Å². The fraction of sp³-hybridized carbons (Fsp3) is 0.389. The summed E-state index contributed by atoms with van der Waals surface area (Å²) in [5, 5.41) is 19.4. The topological polar surface area (TPSA) is 130 Å². The summed E-state index contributed by atoms with van der Waals surface area (Å²) in [5.74, 6) is -2.53. The molecule has 2 aliphatic rings. The molecule has 138 valence electrons. The first-order valence-corrected chi connectivity index (χ1v) is 8.24. The van der Waals surface area contributed by atoms with Gasteiger partial charge in [0.2, 0.25) is 11.8 Å². The van der Waals surface area contributed by atoms with Crippen LogP contribution in [0.25, 0.3) is 0 Å². The number of rotatable bonds is 6. The van der Waals surface area contributed by atoms with Gasteiger partial charge in [0.1, 0.15) is 18.1 Å². The molecule has 2 heterocycles. The van der Waals surface area contributed by atoms with Gasteiger partial charge >= 0.3 is 5.97 Å². The minimum absolute atomic E-state index is 0.00841. The van der Waals surface area contributed by atoms with E-state index in [4.69, 9.17) is 10.5 Å². The maximum atomic E-state index is 12.3. The third-order valence-electron chi connectivity index (χ3n) is 5.05. The van der Waals surface area contributed by atoms with Crippen LogP contribution in [0.15, 0.2) is 35.5 Å². The predicted octanol–water partition coefficient (Wildman–Crippen LogP) is 0.360. The third kappa shape index (κ3) is 2.72. The summed E-state index contributed by atoms with van der Waals surface area (Å²) in [6.07, 6.45) is -0.845. The average molecular weight is 360 g/mol. The lowest BCUT2D eigenvalue weighted by Gasteiger charge is -2.46. The third-order valence-corrected chi connectivity index (χ3v) is 5.05. The van der Waals surface area contributed by atoms with Gasteiger partial charge in [0, 0.05) is 17.1 Å². The van der Waals surface area contributed by atoms with Crippen molar-refractivity contribution in [3.8, 4) is 5.75 Å². The van der Waals surface area contributed by atoms with E-state index in [2.05, 4.69) is 0 Å². The van der Waals surface area contributed by atoms with Crippen LogP contribution in [0, 0.1) is 11.8 Å².